The van der Waals surface area contributed by atoms with Gasteiger partial charge in [-0.25, -0.2) is 10.8 Å². The third-order valence-corrected chi connectivity index (χ3v) is 6.49. The van der Waals surface area contributed by atoms with Gasteiger partial charge in [0.2, 0.25) is 0 Å². The number of nitrogens with zero attached hydrogens (tertiary/aromatic N) is 3. The lowest BCUT2D eigenvalue weighted by Gasteiger charge is -2.33. The maximum absolute atomic E-state index is 12.0. The van der Waals surface area contributed by atoms with Gasteiger partial charge in [0.05, 0.1) is 11.4 Å². The Balaban J connectivity index is 1.80. The van der Waals surface area contributed by atoms with Gasteiger partial charge < -0.3 is 30.8 Å². The number of hydrazine groups is 1. The zero-order valence-electron chi connectivity index (χ0n) is 20.5. The lowest BCUT2D eigenvalue weighted by Crippen LogP contribution is -2.43. The van der Waals surface area contributed by atoms with E-state index in [0.717, 1.165) is 47.1 Å². The van der Waals surface area contributed by atoms with Gasteiger partial charge in [0.15, 0.2) is 0 Å². The maximum Gasteiger partial charge on any atom is 0.250 e. The minimum Gasteiger partial charge on any atom is -0.403 e. The smallest absolute Gasteiger partial charge is 0.250 e. The van der Waals surface area contributed by atoms with E-state index in [1.165, 1.54) is 6.20 Å². The normalized spacial score (nSPS) is 15.2. The summed E-state index contributed by atoms with van der Waals surface area (Å²) in [6.07, 6.45) is 5.77. The van der Waals surface area contributed by atoms with Crippen molar-refractivity contribution in [2.24, 2.45) is 29.4 Å². The summed E-state index contributed by atoms with van der Waals surface area (Å²) < 4.78 is 7.04. The van der Waals surface area contributed by atoms with E-state index >= 15 is 0 Å². The van der Waals surface area contributed by atoms with Crippen LogP contribution in [0, 0.1) is 12.3 Å². The van der Waals surface area contributed by atoms with Crippen molar-refractivity contribution in [2.45, 2.75) is 25.8 Å². The second kappa shape index (κ2) is 10.6. The molecule has 0 atom stereocenters. The van der Waals surface area contributed by atoms with Crippen LogP contribution in [0.25, 0.3) is 28.1 Å². The fourth-order valence-corrected chi connectivity index (χ4v) is 4.50. The molecule has 1 saturated heterocycles. The van der Waals surface area contributed by atoms with Crippen LogP contribution >= 0.6 is 0 Å². The highest BCUT2D eigenvalue weighted by Crippen LogP contribution is 2.32. The van der Waals surface area contributed by atoms with Gasteiger partial charge in [0.25, 0.3) is 5.56 Å². The number of aliphatic imine (C=N–C) groups is 1. The van der Waals surface area contributed by atoms with Crippen LogP contribution < -0.4 is 22.9 Å². The summed E-state index contributed by atoms with van der Waals surface area (Å²) in [5.74, 6) is 6.68. The predicted molar refractivity (Wildman–Crippen MR) is 143 cm³/mol. The Labute approximate surface area is 209 Å². The Morgan fingerprint density at radius 2 is 1.97 bits per heavy atom. The fraction of sp³-hybridized carbons (Fsp3) is 0.269. The summed E-state index contributed by atoms with van der Waals surface area (Å²) in [4.78, 5) is 19.3. The highest BCUT2D eigenvalue weighted by atomic mass is 16.5. The molecule has 1 aliphatic heterocycles. The molecule has 0 amide bonds. The van der Waals surface area contributed by atoms with Crippen LogP contribution in [-0.2, 0) is 11.8 Å². The molecule has 1 aliphatic rings. The number of aromatic nitrogens is 2. The summed E-state index contributed by atoms with van der Waals surface area (Å²) >= 11 is 0. The van der Waals surface area contributed by atoms with Crippen molar-refractivity contribution in [1.29, 1.82) is 5.41 Å². The summed E-state index contributed by atoms with van der Waals surface area (Å²) in [6, 6.07) is 11.6. The number of benzene rings is 1. The van der Waals surface area contributed by atoms with Crippen molar-refractivity contribution in [3.05, 3.63) is 76.0 Å². The number of H-pyrrole nitrogens is 1. The average molecular weight is 489 g/mol. The van der Waals surface area contributed by atoms with Gasteiger partial charge in [-0.15, -0.1) is 0 Å². The van der Waals surface area contributed by atoms with Crippen molar-refractivity contribution in [1.82, 2.24) is 14.6 Å². The average Bonchev–Trinajstić information content (AvgIpc) is 3.33. The third-order valence-electron chi connectivity index (χ3n) is 6.49. The molecule has 0 unspecified atom stereocenters. The monoisotopic (exact) mass is 488 g/mol. The summed E-state index contributed by atoms with van der Waals surface area (Å²) in [6.45, 7) is 3.19. The number of ether oxygens (including phenoxy) is 1. The molecule has 0 radical (unpaired) electrons. The molecule has 0 bridgehead atoms. The number of nitrogens with two attached hydrogens (primary N) is 3. The Morgan fingerprint density at radius 1 is 1.25 bits per heavy atom. The molecular formula is C26H32N8O2. The minimum atomic E-state index is -0.0519. The van der Waals surface area contributed by atoms with Gasteiger partial charge in [-0.1, -0.05) is 18.2 Å². The van der Waals surface area contributed by atoms with Crippen molar-refractivity contribution >= 4 is 17.9 Å². The molecule has 3 heterocycles. The quantitative estimate of drug-likeness (QED) is 0.148. The molecule has 2 aromatic heterocycles. The predicted octanol–water partition coefficient (Wildman–Crippen LogP) is 2.28. The number of rotatable bonds is 7. The molecule has 4 rings (SSSR count). The second-order valence-electron chi connectivity index (χ2n) is 8.82. The van der Waals surface area contributed by atoms with Crippen LogP contribution in [0.15, 0.2) is 58.6 Å². The standard InChI is InChI=1S/C26H32N8O2/c1-16-10-24(35)33(2)14-21(16)17-4-3-5-18(11-17)22-12-20(25(32-22)26(29)31-15-28)23(13-27)34(30)19-6-8-36-9-7-19/h3-5,10-15,19,32H,6-9,27,30H2,1-2H3,(H3,28,29,31)/b23-13-. The lowest BCUT2D eigenvalue weighted by atomic mass is 9.99. The van der Waals surface area contributed by atoms with Crippen LogP contribution in [0.2, 0.25) is 0 Å². The maximum atomic E-state index is 12.0. The number of hydrogen-bond donors (Lipinski definition) is 5. The number of nitrogens with one attached hydrogen (secondary N) is 2. The number of hydrogen-bond acceptors (Lipinski definition) is 6. The van der Waals surface area contributed by atoms with E-state index in [9.17, 15) is 4.79 Å². The summed E-state index contributed by atoms with van der Waals surface area (Å²) in [7, 11) is 1.74. The van der Waals surface area contributed by atoms with Gasteiger partial charge in [-0.05, 0) is 48.6 Å². The Bertz CT molecular complexity index is 1380. The number of pyridine rings is 1. The number of aryl methyl sites for hydroxylation is 2. The molecule has 0 aliphatic carbocycles. The highest BCUT2D eigenvalue weighted by molar-refractivity contribution is 6.04. The summed E-state index contributed by atoms with van der Waals surface area (Å²) in [5.41, 5.74) is 18.6. The Kier molecular flexibility index (Phi) is 7.37. The van der Waals surface area contributed by atoms with Gasteiger partial charge in [-0.3, -0.25) is 10.2 Å². The first kappa shape index (κ1) is 25.0. The van der Waals surface area contributed by atoms with E-state index in [1.807, 2.05) is 43.5 Å². The largest absolute Gasteiger partial charge is 0.403 e. The molecule has 36 heavy (non-hydrogen) atoms. The van der Waals surface area contributed by atoms with Crippen LogP contribution in [-0.4, -0.2) is 46.0 Å². The van der Waals surface area contributed by atoms with Crippen LogP contribution in [0.1, 0.15) is 29.7 Å². The Morgan fingerprint density at radius 3 is 2.67 bits per heavy atom. The van der Waals surface area contributed by atoms with E-state index in [1.54, 1.807) is 22.7 Å². The van der Waals surface area contributed by atoms with Crippen LogP contribution in [0.5, 0.6) is 0 Å². The highest BCUT2D eigenvalue weighted by Gasteiger charge is 2.25. The molecule has 3 aromatic rings. The molecule has 0 saturated carbocycles. The van der Waals surface area contributed by atoms with Gasteiger partial charge in [0, 0.05) is 61.6 Å². The SMILES string of the molecule is Cc1cc(=O)n(C)cc1-c1cccc(-c2cc(/C(=C/N)N(N)C3CCOCC3)c(C(N)=NC=N)[nH]2)c1. The fourth-order valence-electron chi connectivity index (χ4n) is 4.50. The van der Waals surface area contributed by atoms with E-state index in [2.05, 4.69) is 9.98 Å². The lowest BCUT2D eigenvalue weighted by molar-refractivity contribution is 0.0524. The van der Waals surface area contributed by atoms with Gasteiger partial charge in [-0.2, -0.15) is 0 Å². The Hall–Kier alpha value is -4.15. The first-order chi connectivity index (χ1) is 17.3. The van der Waals surface area contributed by atoms with Crippen molar-refractivity contribution in [3.63, 3.8) is 0 Å². The van der Waals surface area contributed by atoms with E-state index in [0.29, 0.717) is 30.2 Å². The number of aromatic amines is 1. The first-order valence-electron chi connectivity index (χ1n) is 11.7. The molecule has 10 heteroatoms. The first-order valence-corrected chi connectivity index (χ1v) is 11.7. The van der Waals surface area contributed by atoms with Crippen LogP contribution in [0.4, 0.5) is 0 Å². The van der Waals surface area contributed by atoms with E-state index < -0.39 is 0 Å². The van der Waals surface area contributed by atoms with Crippen LogP contribution in [0.3, 0.4) is 0 Å². The minimum absolute atomic E-state index is 0.0519. The van der Waals surface area contributed by atoms with E-state index in [4.69, 9.17) is 27.5 Å². The zero-order chi connectivity index (χ0) is 25.8. The van der Waals surface area contributed by atoms with Crippen molar-refractivity contribution in [2.75, 3.05) is 13.2 Å². The topological polar surface area (TPSA) is 165 Å². The molecular weight excluding hydrogens is 456 g/mol. The van der Waals surface area contributed by atoms with Gasteiger partial charge >= 0.3 is 0 Å². The third kappa shape index (κ3) is 4.95. The molecule has 0 spiro atoms. The molecule has 1 fully saturated rings. The van der Waals surface area contributed by atoms with E-state index in [-0.39, 0.29) is 17.4 Å². The molecule has 10 nitrogen and oxygen atoms in total. The second-order valence-corrected chi connectivity index (χ2v) is 8.82. The summed E-state index contributed by atoms with van der Waals surface area (Å²) in [5, 5.41) is 9.05. The van der Waals surface area contributed by atoms with Crippen molar-refractivity contribution < 1.29 is 4.74 Å². The molecule has 8 N–H and O–H groups in total. The number of amidine groups is 1. The zero-order valence-corrected chi connectivity index (χ0v) is 20.5. The molecule has 188 valence electrons. The van der Waals surface area contributed by atoms with Gasteiger partial charge in [0.1, 0.15) is 12.2 Å². The van der Waals surface area contributed by atoms with Crippen molar-refractivity contribution in [3.8, 4) is 22.4 Å². The molecule has 1 aromatic carbocycles.